The maximum absolute atomic E-state index is 13.5. The van der Waals surface area contributed by atoms with E-state index in [2.05, 4.69) is 10.3 Å². The molecule has 1 aromatic heterocycles. The van der Waals surface area contributed by atoms with Crippen LogP contribution in [0.1, 0.15) is 27.2 Å². The minimum absolute atomic E-state index is 0.265. The lowest BCUT2D eigenvalue weighted by Crippen LogP contribution is -2.08. The van der Waals surface area contributed by atoms with Gasteiger partial charge in [0.1, 0.15) is 16.4 Å². The molecule has 1 aromatic carbocycles. The first-order chi connectivity index (χ1) is 9.11. The number of carboxylic acids is 1. The Bertz CT molecular complexity index is 598. The van der Waals surface area contributed by atoms with E-state index >= 15 is 0 Å². The van der Waals surface area contributed by atoms with Gasteiger partial charge in [-0.05, 0) is 18.6 Å². The molecule has 2 N–H and O–H groups in total. The Morgan fingerprint density at radius 3 is 2.95 bits per heavy atom. The first kappa shape index (κ1) is 13.5. The van der Waals surface area contributed by atoms with Gasteiger partial charge in [-0.3, -0.25) is 0 Å². The second-order valence-corrected chi connectivity index (χ2v) is 5.09. The van der Waals surface area contributed by atoms with Crippen LogP contribution >= 0.6 is 11.3 Å². The fraction of sp³-hybridized carbons (Fsp3) is 0.231. The Kier molecular flexibility index (Phi) is 4.11. The molecule has 0 spiro atoms. The minimum atomic E-state index is -1.28. The molecule has 0 aliphatic rings. The smallest absolute Gasteiger partial charge is 0.340 e. The molecule has 2 aromatic rings. The highest BCUT2D eigenvalue weighted by Gasteiger charge is 2.15. The second kappa shape index (κ2) is 5.79. The number of carbonyl (C=O) groups is 1. The zero-order valence-electron chi connectivity index (χ0n) is 10.3. The predicted molar refractivity (Wildman–Crippen MR) is 72.2 cm³/mol. The highest BCUT2D eigenvalue weighted by molar-refractivity contribution is 7.11. The average Bonchev–Trinajstić information content (AvgIpc) is 2.83. The Morgan fingerprint density at radius 1 is 1.53 bits per heavy atom. The highest BCUT2D eigenvalue weighted by atomic mass is 32.1. The molecule has 1 heterocycles. The lowest BCUT2D eigenvalue weighted by molar-refractivity contribution is 0.0693. The number of halogens is 1. The van der Waals surface area contributed by atoms with Gasteiger partial charge in [0, 0.05) is 11.1 Å². The summed E-state index contributed by atoms with van der Waals surface area (Å²) in [5.74, 6) is -2.03. The number of hydrogen-bond donors (Lipinski definition) is 2. The van der Waals surface area contributed by atoms with Gasteiger partial charge in [0.05, 0.1) is 12.2 Å². The largest absolute Gasteiger partial charge is 0.478 e. The quantitative estimate of drug-likeness (QED) is 0.883. The number of nitrogens with one attached hydrogen (secondary N) is 1. The van der Waals surface area contributed by atoms with Crippen LogP contribution in [0.15, 0.2) is 24.4 Å². The van der Waals surface area contributed by atoms with Crippen molar-refractivity contribution in [1.29, 1.82) is 0 Å². The molecular formula is C13H13FN2O2S. The molecule has 6 heteroatoms. The van der Waals surface area contributed by atoms with E-state index in [1.54, 1.807) is 23.6 Å². The van der Waals surface area contributed by atoms with Crippen LogP contribution in [-0.2, 0) is 13.0 Å². The maximum atomic E-state index is 13.5. The molecule has 0 unspecified atom stereocenters. The van der Waals surface area contributed by atoms with E-state index in [4.69, 9.17) is 5.11 Å². The van der Waals surface area contributed by atoms with Crippen LogP contribution in [-0.4, -0.2) is 16.1 Å². The van der Waals surface area contributed by atoms with Gasteiger partial charge in [-0.15, -0.1) is 11.3 Å². The van der Waals surface area contributed by atoms with Crippen LogP contribution in [0.5, 0.6) is 0 Å². The van der Waals surface area contributed by atoms with E-state index in [1.165, 1.54) is 6.07 Å². The molecule has 19 heavy (non-hydrogen) atoms. The molecule has 0 amide bonds. The minimum Gasteiger partial charge on any atom is -0.478 e. The van der Waals surface area contributed by atoms with Gasteiger partial charge in [0.25, 0.3) is 0 Å². The molecule has 0 bridgehead atoms. The van der Waals surface area contributed by atoms with E-state index in [0.29, 0.717) is 6.54 Å². The fourth-order valence-corrected chi connectivity index (χ4v) is 2.45. The van der Waals surface area contributed by atoms with Crippen LogP contribution in [0.2, 0.25) is 0 Å². The molecule has 0 fully saturated rings. The van der Waals surface area contributed by atoms with Crippen LogP contribution in [0.3, 0.4) is 0 Å². The van der Waals surface area contributed by atoms with E-state index < -0.39 is 11.8 Å². The Labute approximate surface area is 113 Å². The molecule has 0 saturated carbocycles. The molecule has 0 saturated heterocycles. The number of rotatable bonds is 5. The number of carboxylic acid groups (broad SMARTS) is 1. The van der Waals surface area contributed by atoms with Crippen LogP contribution in [0.25, 0.3) is 0 Å². The van der Waals surface area contributed by atoms with E-state index in [-0.39, 0.29) is 11.3 Å². The van der Waals surface area contributed by atoms with Crippen molar-refractivity contribution >= 4 is 23.0 Å². The first-order valence-electron chi connectivity index (χ1n) is 5.81. The molecule has 0 radical (unpaired) electrons. The van der Waals surface area contributed by atoms with Gasteiger partial charge in [-0.1, -0.05) is 13.0 Å². The number of nitrogens with zero attached hydrogens (tertiary/aromatic N) is 1. The summed E-state index contributed by atoms with van der Waals surface area (Å²) >= 11 is 1.56. The number of benzene rings is 1. The molecule has 0 aliphatic carbocycles. The summed E-state index contributed by atoms with van der Waals surface area (Å²) in [5.41, 5.74) is -0.0736. The van der Waals surface area contributed by atoms with Crippen molar-refractivity contribution in [2.45, 2.75) is 19.9 Å². The lowest BCUT2D eigenvalue weighted by atomic mass is 10.1. The van der Waals surface area contributed by atoms with Crippen LogP contribution in [0, 0.1) is 5.82 Å². The monoisotopic (exact) mass is 280 g/mol. The van der Waals surface area contributed by atoms with Gasteiger partial charge in [-0.25, -0.2) is 14.2 Å². The van der Waals surface area contributed by atoms with Crippen LogP contribution < -0.4 is 5.32 Å². The highest BCUT2D eigenvalue weighted by Crippen LogP contribution is 2.21. The summed E-state index contributed by atoms with van der Waals surface area (Å²) in [5, 5.41) is 12.8. The number of thiazole rings is 1. The third-order valence-corrected chi connectivity index (χ3v) is 3.75. The average molecular weight is 280 g/mol. The van der Waals surface area contributed by atoms with Gasteiger partial charge >= 0.3 is 5.97 Å². The summed E-state index contributed by atoms with van der Waals surface area (Å²) < 4.78 is 13.5. The molecule has 100 valence electrons. The van der Waals surface area contributed by atoms with E-state index in [9.17, 15) is 9.18 Å². The van der Waals surface area contributed by atoms with Crippen molar-refractivity contribution in [2.75, 3.05) is 5.32 Å². The normalized spacial score (nSPS) is 10.4. The molecule has 0 aliphatic heterocycles. The number of aromatic nitrogens is 1. The third kappa shape index (κ3) is 3.08. The van der Waals surface area contributed by atoms with Gasteiger partial charge < -0.3 is 10.4 Å². The SMILES string of the molecule is CCc1cnc(CNc2cccc(F)c2C(=O)O)s1. The summed E-state index contributed by atoms with van der Waals surface area (Å²) in [6, 6.07) is 4.15. The number of aromatic carboxylic acids is 1. The molecule has 0 atom stereocenters. The topological polar surface area (TPSA) is 62.2 Å². The molecule has 4 nitrogen and oxygen atoms in total. The second-order valence-electron chi connectivity index (χ2n) is 3.89. The van der Waals surface area contributed by atoms with E-state index in [1.807, 2.05) is 6.92 Å². The van der Waals surface area contributed by atoms with Crippen molar-refractivity contribution in [2.24, 2.45) is 0 Å². The zero-order valence-corrected chi connectivity index (χ0v) is 11.1. The summed E-state index contributed by atoms with van der Waals surface area (Å²) in [6.07, 6.45) is 2.71. The lowest BCUT2D eigenvalue weighted by Gasteiger charge is -2.08. The number of anilines is 1. The van der Waals surface area contributed by atoms with E-state index in [0.717, 1.165) is 22.4 Å². The van der Waals surface area contributed by atoms with Gasteiger partial charge in [0.2, 0.25) is 0 Å². The van der Waals surface area contributed by atoms with Gasteiger partial charge in [0.15, 0.2) is 0 Å². The molecule has 2 rings (SSSR count). The van der Waals surface area contributed by atoms with Crippen LogP contribution in [0.4, 0.5) is 10.1 Å². The summed E-state index contributed by atoms with van der Waals surface area (Å²) in [7, 11) is 0. The summed E-state index contributed by atoms with van der Waals surface area (Å²) in [6.45, 7) is 2.42. The Hall–Kier alpha value is -1.95. The number of hydrogen-bond acceptors (Lipinski definition) is 4. The van der Waals surface area contributed by atoms with Crippen molar-refractivity contribution < 1.29 is 14.3 Å². The zero-order chi connectivity index (χ0) is 13.8. The Morgan fingerprint density at radius 2 is 2.32 bits per heavy atom. The van der Waals surface area contributed by atoms with Crippen molar-refractivity contribution in [1.82, 2.24) is 4.98 Å². The molecular weight excluding hydrogens is 267 g/mol. The maximum Gasteiger partial charge on any atom is 0.340 e. The third-order valence-electron chi connectivity index (χ3n) is 2.61. The summed E-state index contributed by atoms with van der Waals surface area (Å²) in [4.78, 5) is 16.4. The van der Waals surface area contributed by atoms with Crippen molar-refractivity contribution in [3.63, 3.8) is 0 Å². The van der Waals surface area contributed by atoms with Gasteiger partial charge in [-0.2, -0.15) is 0 Å². The predicted octanol–water partition coefficient (Wildman–Crippen LogP) is 3.15. The van der Waals surface area contributed by atoms with Crippen molar-refractivity contribution in [3.05, 3.63) is 45.7 Å². The fourth-order valence-electron chi connectivity index (χ4n) is 1.65. The standard InChI is InChI=1S/C13H13FN2O2S/c1-2-8-6-16-11(19-8)7-15-10-5-3-4-9(14)12(10)13(17)18/h3-6,15H,2,7H2,1H3,(H,17,18). The van der Waals surface area contributed by atoms with Crippen molar-refractivity contribution in [3.8, 4) is 0 Å². The first-order valence-corrected chi connectivity index (χ1v) is 6.62. The number of aryl methyl sites for hydroxylation is 1. The Balaban J connectivity index is 2.15.